The van der Waals surface area contributed by atoms with Crippen LogP contribution in [0.2, 0.25) is 0 Å². The Bertz CT molecular complexity index is 884. The van der Waals surface area contributed by atoms with Crippen molar-refractivity contribution in [2.75, 3.05) is 44.7 Å². The maximum Gasteiger partial charge on any atom is 0.308 e. The molecular weight excluding hydrogens is 364 g/mol. The number of aryl methyl sites for hydroxylation is 1. The van der Waals surface area contributed by atoms with Gasteiger partial charge in [-0.2, -0.15) is 0 Å². The van der Waals surface area contributed by atoms with Gasteiger partial charge in [-0.1, -0.05) is 30.4 Å². The monoisotopic (exact) mass is 394 g/mol. The quantitative estimate of drug-likeness (QED) is 0.546. The van der Waals surface area contributed by atoms with Gasteiger partial charge >= 0.3 is 5.97 Å². The molecule has 0 bridgehead atoms. The fourth-order valence-corrected chi connectivity index (χ4v) is 3.61. The lowest BCUT2D eigenvalue weighted by Crippen LogP contribution is -2.46. The number of ether oxygens (including phenoxy) is 2. The molecule has 1 heterocycles. The van der Waals surface area contributed by atoms with E-state index in [1.54, 1.807) is 13.2 Å². The highest BCUT2D eigenvalue weighted by Crippen LogP contribution is 2.29. The van der Waals surface area contributed by atoms with Gasteiger partial charge in [0.25, 0.3) is 0 Å². The van der Waals surface area contributed by atoms with Gasteiger partial charge in [-0.25, -0.2) is 0 Å². The molecule has 0 spiro atoms. The zero-order chi connectivity index (χ0) is 20.8. The number of nitrogens with zero attached hydrogens (tertiary/aromatic N) is 2. The van der Waals surface area contributed by atoms with Crippen molar-refractivity contribution in [2.24, 2.45) is 0 Å². The Labute approximate surface area is 173 Å². The van der Waals surface area contributed by atoms with E-state index < -0.39 is 0 Å². The van der Waals surface area contributed by atoms with Gasteiger partial charge in [-0.15, -0.1) is 0 Å². The summed E-state index contributed by atoms with van der Waals surface area (Å²) in [6, 6.07) is 12.1. The average molecular weight is 395 g/mol. The highest BCUT2D eigenvalue weighted by molar-refractivity contribution is 5.71. The second kappa shape index (κ2) is 9.61. The van der Waals surface area contributed by atoms with Crippen molar-refractivity contribution in [3.05, 3.63) is 59.2 Å². The van der Waals surface area contributed by atoms with Crippen molar-refractivity contribution < 1.29 is 14.3 Å². The standard InChI is InChI=1S/C24H30N2O3/c1-18-7-5-9-22(19(18)2)26-15-13-25(14-16-26)12-6-8-21-10-11-23(29-20(3)27)24(17-21)28-4/h5-11,17H,12-16H2,1-4H3. The number of anilines is 1. The minimum absolute atomic E-state index is 0.355. The maximum atomic E-state index is 11.2. The third-order valence-electron chi connectivity index (χ3n) is 5.40. The molecule has 154 valence electrons. The molecule has 0 amide bonds. The number of hydrogen-bond acceptors (Lipinski definition) is 5. The molecular formula is C24H30N2O3. The predicted octanol–water partition coefficient (Wildman–Crippen LogP) is 4.07. The zero-order valence-corrected chi connectivity index (χ0v) is 17.8. The van der Waals surface area contributed by atoms with Crippen LogP contribution in [0.5, 0.6) is 11.5 Å². The summed E-state index contributed by atoms with van der Waals surface area (Å²) in [6.45, 7) is 10.9. The SMILES string of the molecule is COc1cc(C=CCN2CCN(c3cccc(C)c3C)CC2)ccc1OC(C)=O. The molecule has 0 aliphatic carbocycles. The van der Waals surface area contributed by atoms with Crippen molar-refractivity contribution in [1.29, 1.82) is 0 Å². The van der Waals surface area contributed by atoms with E-state index >= 15 is 0 Å². The van der Waals surface area contributed by atoms with Gasteiger partial charge in [-0.05, 0) is 48.7 Å². The summed E-state index contributed by atoms with van der Waals surface area (Å²) >= 11 is 0. The van der Waals surface area contributed by atoms with Crippen molar-refractivity contribution in [3.8, 4) is 11.5 Å². The third kappa shape index (κ3) is 5.39. The van der Waals surface area contributed by atoms with Crippen LogP contribution in [0.25, 0.3) is 6.08 Å². The van der Waals surface area contributed by atoms with Crippen molar-refractivity contribution in [3.63, 3.8) is 0 Å². The Balaban J connectivity index is 1.54. The topological polar surface area (TPSA) is 42.0 Å². The summed E-state index contributed by atoms with van der Waals surface area (Å²) in [5.74, 6) is 0.649. The Kier molecular flexibility index (Phi) is 6.94. The highest BCUT2D eigenvalue weighted by atomic mass is 16.6. The number of esters is 1. The van der Waals surface area contributed by atoms with Gasteiger partial charge in [0.2, 0.25) is 0 Å². The van der Waals surface area contributed by atoms with Gasteiger partial charge in [0.1, 0.15) is 0 Å². The average Bonchev–Trinajstić information content (AvgIpc) is 2.71. The molecule has 2 aromatic rings. The fraction of sp³-hybridized carbons (Fsp3) is 0.375. The van der Waals surface area contributed by atoms with Crippen molar-refractivity contribution in [1.82, 2.24) is 4.90 Å². The molecule has 1 aliphatic rings. The van der Waals surface area contributed by atoms with Crippen LogP contribution >= 0.6 is 0 Å². The normalized spacial score (nSPS) is 15.0. The molecule has 0 saturated carbocycles. The molecule has 0 unspecified atom stereocenters. The van der Waals surface area contributed by atoms with Crippen LogP contribution in [0.1, 0.15) is 23.6 Å². The minimum atomic E-state index is -0.355. The lowest BCUT2D eigenvalue weighted by Gasteiger charge is -2.36. The van der Waals surface area contributed by atoms with Gasteiger partial charge < -0.3 is 14.4 Å². The lowest BCUT2D eigenvalue weighted by atomic mass is 10.1. The number of hydrogen-bond donors (Lipinski definition) is 0. The molecule has 5 heteroatoms. The van der Waals surface area contributed by atoms with Crippen LogP contribution in [0.4, 0.5) is 5.69 Å². The Morgan fingerprint density at radius 1 is 1.07 bits per heavy atom. The van der Waals surface area contributed by atoms with Gasteiger partial charge in [0, 0.05) is 45.3 Å². The first-order valence-corrected chi connectivity index (χ1v) is 10.0. The van der Waals surface area contributed by atoms with Crippen molar-refractivity contribution >= 4 is 17.7 Å². The lowest BCUT2D eigenvalue weighted by molar-refractivity contribution is -0.132. The summed E-state index contributed by atoms with van der Waals surface area (Å²) in [4.78, 5) is 16.1. The molecule has 0 radical (unpaired) electrons. The molecule has 0 aromatic heterocycles. The van der Waals surface area contributed by atoms with E-state index in [0.29, 0.717) is 11.5 Å². The number of carbonyl (C=O) groups excluding carboxylic acids is 1. The molecule has 1 saturated heterocycles. The molecule has 5 nitrogen and oxygen atoms in total. The van der Waals surface area contributed by atoms with Crippen LogP contribution < -0.4 is 14.4 Å². The van der Waals surface area contributed by atoms with E-state index in [1.165, 1.54) is 23.7 Å². The Hall–Kier alpha value is -2.79. The number of piperazine rings is 1. The first-order chi connectivity index (χ1) is 14.0. The summed E-state index contributed by atoms with van der Waals surface area (Å²) in [5, 5.41) is 0. The summed E-state index contributed by atoms with van der Waals surface area (Å²) in [5.41, 5.74) is 5.11. The van der Waals surface area contributed by atoms with Gasteiger partial charge in [0.05, 0.1) is 7.11 Å². The van der Waals surface area contributed by atoms with E-state index in [1.807, 2.05) is 12.1 Å². The number of methoxy groups -OCH3 is 1. The van der Waals surface area contributed by atoms with Gasteiger partial charge in [0.15, 0.2) is 11.5 Å². The number of carbonyl (C=O) groups is 1. The molecule has 1 fully saturated rings. The van der Waals surface area contributed by atoms with Gasteiger partial charge in [-0.3, -0.25) is 9.69 Å². The molecule has 0 N–H and O–H groups in total. The van der Waals surface area contributed by atoms with E-state index in [2.05, 4.69) is 54.0 Å². The maximum absolute atomic E-state index is 11.2. The smallest absolute Gasteiger partial charge is 0.308 e. The summed E-state index contributed by atoms with van der Waals surface area (Å²) in [6.07, 6.45) is 4.25. The van der Waals surface area contributed by atoms with Crippen LogP contribution in [-0.4, -0.2) is 50.7 Å². The number of benzene rings is 2. The first-order valence-electron chi connectivity index (χ1n) is 10.0. The Morgan fingerprint density at radius 2 is 1.83 bits per heavy atom. The molecule has 1 aliphatic heterocycles. The van der Waals surface area contributed by atoms with Crippen molar-refractivity contribution in [2.45, 2.75) is 20.8 Å². The molecule has 29 heavy (non-hydrogen) atoms. The highest BCUT2D eigenvalue weighted by Gasteiger charge is 2.17. The van der Waals surface area contributed by atoms with E-state index in [0.717, 1.165) is 38.3 Å². The molecule has 3 rings (SSSR count). The third-order valence-corrected chi connectivity index (χ3v) is 5.40. The van der Waals surface area contributed by atoms with E-state index in [4.69, 9.17) is 9.47 Å². The minimum Gasteiger partial charge on any atom is -0.493 e. The number of rotatable bonds is 6. The van der Waals surface area contributed by atoms with Crippen LogP contribution in [0.3, 0.4) is 0 Å². The Morgan fingerprint density at radius 3 is 2.52 bits per heavy atom. The molecule has 0 atom stereocenters. The van der Waals surface area contributed by atoms with Crippen LogP contribution in [0.15, 0.2) is 42.5 Å². The second-order valence-corrected chi connectivity index (χ2v) is 7.41. The zero-order valence-electron chi connectivity index (χ0n) is 17.8. The van der Waals surface area contributed by atoms with E-state index in [9.17, 15) is 4.79 Å². The summed E-state index contributed by atoms with van der Waals surface area (Å²) in [7, 11) is 1.57. The molecule has 2 aromatic carbocycles. The first kappa shape index (κ1) is 20.9. The van der Waals surface area contributed by atoms with Crippen LogP contribution in [0, 0.1) is 13.8 Å². The fourth-order valence-electron chi connectivity index (χ4n) is 3.61. The summed E-state index contributed by atoms with van der Waals surface area (Å²) < 4.78 is 10.5. The second-order valence-electron chi connectivity index (χ2n) is 7.41. The van der Waals surface area contributed by atoms with Crippen LogP contribution in [-0.2, 0) is 4.79 Å². The predicted molar refractivity (Wildman–Crippen MR) is 118 cm³/mol. The van der Waals surface area contributed by atoms with E-state index in [-0.39, 0.29) is 5.97 Å². The largest absolute Gasteiger partial charge is 0.493 e.